The van der Waals surface area contributed by atoms with Crippen LogP contribution in [0.5, 0.6) is 0 Å². The number of carbonyl (C=O) groups excluding carboxylic acids is 4. The van der Waals surface area contributed by atoms with Gasteiger partial charge in [0.2, 0.25) is 17.7 Å². The van der Waals surface area contributed by atoms with Crippen LogP contribution in [0.4, 0.5) is 0 Å². The smallest absolute Gasteiger partial charge is 0.313 e. The van der Waals surface area contributed by atoms with E-state index in [1.54, 1.807) is 17.1 Å². The zero-order chi connectivity index (χ0) is 36.6. The molecule has 2 fully saturated rings. The highest BCUT2D eigenvalue weighted by atomic mass is 16.6. The van der Waals surface area contributed by atoms with Crippen LogP contribution in [0.25, 0.3) is 0 Å². The molecule has 50 heavy (non-hydrogen) atoms. The van der Waals surface area contributed by atoms with Gasteiger partial charge in [-0.25, -0.2) is 0 Å². The second-order valence-electron chi connectivity index (χ2n) is 16.3. The number of aliphatic hydroxyl groups is 1. The van der Waals surface area contributed by atoms with Crippen molar-refractivity contribution < 1.29 is 38.5 Å². The number of nitrogens with one attached hydrogen (secondary N) is 1. The lowest BCUT2D eigenvalue weighted by Gasteiger charge is -2.46. The van der Waals surface area contributed by atoms with Gasteiger partial charge in [-0.2, -0.15) is 0 Å². The molecule has 0 radical (unpaired) electrons. The molecule has 1 aromatic rings. The number of allylic oxidation sites excluding steroid dienone is 1. The van der Waals surface area contributed by atoms with E-state index in [9.17, 15) is 19.5 Å². The predicted octanol–water partition coefficient (Wildman–Crippen LogP) is 3.96. The number of nitrogens with zero attached hydrogens (tertiary/aromatic N) is 2. The maximum absolute atomic E-state index is 15.2. The highest BCUT2D eigenvalue weighted by Gasteiger charge is 2.74. The van der Waals surface area contributed by atoms with Gasteiger partial charge in [0.15, 0.2) is 0 Å². The van der Waals surface area contributed by atoms with Crippen LogP contribution >= 0.6 is 0 Å². The van der Waals surface area contributed by atoms with Gasteiger partial charge in [-0.15, -0.1) is 0 Å². The molecule has 5 bridgehead atoms. The number of aliphatic hydroxyl groups excluding tert-OH is 1. The van der Waals surface area contributed by atoms with Crippen LogP contribution in [-0.2, 0) is 33.4 Å². The molecule has 5 rings (SSSR count). The number of methoxy groups -OCH3 is 1. The number of fused-ring (bicyclic) bond motifs is 2. The monoisotopic (exact) mass is 693 g/mol. The second-order valence-corrected chi connectivity index (χ2v) is 16.3. The van der Waals surface area contributed by atoms with E-state index in [4.69, 9.17) is 14.2 Å². The minimum atomic E-state index is -1.44. The lowest BCUT2D eigenvalue weighted by molar-refractivity contribution is -0.163. The van der Waals surface area contributed by atoms with Gasteiger partial charge >= 0.3 is 5.97 Å². The summed E-state index contributed by atoms with van der Waals surface area (Å²) in [4.78, 5) is 61.1. The zero-order valence-corrected chi connectivity index (χ0v) is 30.8. The molecule has 0 saturated carbocycles. The SMILES string of the molecule is COC[C@H]1NC(=O)CC/C=C\CN(C(C)(C)CC(C)(C)C)C(=O)[C@@H]2N([C@@H](CO)C(C)C)C(=O)[C@H]3[C@H](C(=O)O[C@@H]1c1ccccc1)[C@@H]1C=C[C@]23O1. The summed E-state index contributed by atoms with van der Waals surface area (Å²) in [6.45, 7) is 14.1. The van der Waals surface area contributed by atoms with Gasteiger partial charge in [-0.3, -0.25) is 19.2 Å². The first-order chi connectivity index (χ1) is 23.6. The summed E-state index contributed by atoms with van der Waals surface area (Å²) >= 11 is 0. The molecule has 4 heterocycles. The number of amides is 3. The fourth-order valence-electron chi connectivity index (χ4n) is 8.72. The minimum absolute atomic E-state index is 0.0694. The molecule has 274 valence electrons. The number of rotatable bonds is 8. The van der Waals surface area contributed by atoms with Crippen LogP contribution in [0.3, 0.4) is 0 Å². The molecule has 11 heteroatoms. The molecule has 2 saturated heterocycles. The Morgan fingerprint density at radius 3 is 2.36 bits per heavy atom. The third-order valence-electron chi connectivity index (χ3n) is 10.5. The molecule has 4 aliphatic heterocycles. The predicted molar refractivity (Wildman–Crippen MR) is 187 cm³/mol. The fraction of sp³-hybridized carbons (Fsp3) is 0.641. The molecule has 11 nitrogen and oxygen atoms in total. The third kappa shape index (κ3) is 7.14. The summed E-state index contributed by atoms with van der Waals surface area (Å²) in [5.74, 6) is -3.96. The lowest BCUT2D eigenvalue weighted by atomic mass is 9.74. The quantitative estimate of drug-likeness (QED) is 0.309. The number of benzene rings is 1. The summed E-state index contributed by atoms with van der Waals surface area (Å²) in [5, 5.41) is 13.7. The first-order valence-corrected chi connectivity index (χ1v) is 17.9. The summed E-state index contributed by atoms with van der Waals surface area (Å²) in [6.07, 6.45) is 6.84. The molecule has 3 amide bonds. The maximum atomic E-state index is 15.2. The molecule has 4 aliphatic rings. The normalized spacial score (nSPS) is 32.0. The van der Waals surface area contributed by atoms with Gasteiger partial charge in [-0.05, 0) is 43.6 Å². The Hall–Kier alpha value is -3.54. The Bertz CT molecular complexity index is 1480. The van der Waals surface area contributed by atoms with Crippen molar-refractivity contribution in [2.24, 2.45) is 23.2 Å². The number of ether oxygens (including phenoxy) is 3. The average molecular weight is 694 g/mol. The molecular formula is C39H55N3O8. The summed E-state index contributed by atoms with van der Waals surface area (Å²) in [5.41, 5.74) is -1.59. The van der Waals surface area contributed by atoms with Gasteiger partial charge < -0.3 is 34.4 Å². The molecule has 1 aromatic carbocycles. The van der Waals surface area contributed by atoms with Gasteiger partial charge in [0, 0.05) is 25.6 Å². The van der Waals surface area contributed by atoms with E-state index in [0.717, 1.165) is 0 Å². The largest absolute Gasteiger partial charge is 0.455 e. The van der Waals surface area contributed by atoms with Crippen LogP contribution in [0, 0.1) is 23.2 Å². The van der Waals surface area contributed by atoms with Crippen molar-refractivity contribution in [3.05, 3.63) is 60.2 Å². The zero-order valence-electron chi connectivity index (χ0n) is 30.8. The van der Waals surface area contributed by atoms with Crippen LogP contribution < -0.4 is 5.32 Å². The average Bonchev–Trinajstić information content (AvgIpc) is 3.67. The standard InChI is InChI=1S/C39H55N3O8/c1-24(2)27(21-43)42-33-35(46)41(38(6,7)23-37(3,4)5)20-14-10-13-17-29(44)40-26(22-48-8)32(25-15-11-9-12-16-25)49-36(47)30-28-18-19-39(33,50-28)31(30)34(42)45/h9-12,14-16,18-19,24,26-28,30-33,43H,13,17,20-23H2,1-8H3,(H,40,44)/b14-10-/t26-,27+,28+,30-,31-,32-,33+,39-/m1/s1. The molecule has 2 N–H and O–H groups in total. The number of esters is 1. The van der Waals surface area contributed by atoms with Gasteiger partial charge in [-0.1, -0.05) is 89.3 Å². The van der Waals surface area contributed by atoms with Crippen molar-refractivity contribution in [3.8, 4) is 0 Å². The summed E-state index contributed by atoms with van der Waals surface area (Å²) in [6, 6.07) is 6.58. The number of hydrogen-bond acceptors (Lipinski definition) is 8. The van der Waals surface area contributed by atoms with Crippen LogP contribution in [0.15, 0.2) is 54.6 Å². The van der Waals surface area contributed by atoms with E-state index in [1.165, 1.54) is 12.0 Å². The number of likely N-dealkylation sites (tertiary alicyclic amines) is 1. The Kier molecular flexibility index (Phi) is 11.0. The van der Waals surface area contributed by atoms with Gasteiger partial charge in [0.1, 0.15) is 23.7 Å². The molecule has 0 aliphatic carbocycles. The van der Waals surface area contributed by atoms with Gasteiger partial charge in [0.25, 0.3) is 0 Å². The number of hydrogen-bond donors (Lipinski definition) is 2. The minimum Gasteiger partial charge on any atom is -0.455 e. The molecule has 1 spiro atoms. The Morgan fingerprint density at radius 2 is 1.74 bits per heavy atom. The van der Waals surface area contributed by atoms with E-state index in [-0.39, 0.29) is 49.3 Å². The Balaban J connectivity index is 1.66. The molecular weight excluding hydrogens is 638 g/mol. The molecule has 0 aromatic heterocycles. The van der Waals surface area contributed by atoms with Crippen LogP contribution in [0.1, 0.15) is 79.4 Å². The first kappa shape index (κ1) is 37.7. The molecule has 8 atom stereocenters. The van der Waals surface area contributed by atoms with Crippen molar-refractivity contribution in [1.29, 1.82) is 0 Å². The number of carbonyl (C=O) groups is 4. The summed E-state index contributed by atoms with van der Waals surface area (Å²) < 4.78 is 18.4. The van der Waals surface area contributed by atoms with Crippen molar-refractivity contribution in [1.82, 2.24) is 15.1 Å². The highest BCUT2D eigenvalue weighted by molar-refractivity contribution is 5.99. The third-order valence-corrected chi connectivity index (χ3v) is 10.5. The van der Waals surface area contributed by atoms with Crippen molar-refractivity contribution >= 4 is 23.7 Å². The van der Waals surface area contributed by atoms with E-state index in [2.05, 4.69) is 26.1 Å². The van der Waals surface area contributed by atoms with E-state index in [0.29, 0.717) is 18.4 Å². The molecule has 0 unspecified atom stereocenters. The van der Waals surface area contributed by atoms with E-state index >= 15 is 4.79 Å². The highest BCUT2D eigenvalue weighted by Crippen LogP contribution is 2.57. The van der Waals surface area contributed by atoms with Crippen molar-refractivity contribution in [3.63, 3.8) is 0 Å². The number of cyclic esters (lactones) is 1. The van der Waals surface area contributed by atoms with Crippen LogP contribution in [-0.4, -0.2) is 101 Å². The second kappa shape index (κ2) is 14.6. The van der Waals surface area contributed by atoms with Crippen molar-refractivity contribution in [2.75, 3.05) is 26.9 Å². The Labute approximate surface area is 296 Å². The van der Waals surface area contributed by atoms with Gasteiger partial charge in [0.05, 0.1) is 37.3 Å². The fourth-order valence-corrected chi connectivity index (χ4v) is 8.72. The Morgan fingerprint density at radius 1 is 1.04 bits per heavy atom. The summed E-state index contributed by atoms with van der Waals surface area (Å²) in [7, 11) is 1.52. The van der Waals surface area contributed by atoms with Crippen molar-refractivity contribution in [2.45, 2.75) is 109 Å². The van der Waals surface area contributed by atoms with E-state index < -0.39 is 65.2 Å². The topological polar surface area (TPSA) is 135 Å². The van der Waals surface area contributed by atoms with E-state index in [1.807, 2.05) is 70.2 Å². The lowest BCUT2D eigenvalue weighted by Crippen LogP contribution is -2.63. The maximum Gasteiger partial charge on any atom is 0.313 e. The first-order valence-electron chi connectivity index (χ1n) is 17.9. The van der Waals surface area contributed by atoms with Crippen LogP contribution in [0.2, 0.25) is 0 Å².